The minimum atomic E-state index is -1.02. The van der Waals surface area contributed by atoms with E-state index < -0.39 is 5.97 Å². The lowest BCUT2D eigenvalue weighted by Crippen LogP contribution is -1.98. The molecule has 1 radical (unpaired) electrons. The molecular formula is C5H5N2O2. The van der Waals surface area contributed by atoms with Gasteiger partial charge >= 0.3 is 5.97 Å². The van der Waals surface area contributed by atoms with Crippen LogP contribution in [-0.4, -0.2) is 20.9 Å². The Bertz CT molecular complexity index is 229. The predicted molar refractivity (Wildman–Crippen MR) is 29.0 cm³/mol. The van der Waals surface area contributed by atoms with E-state index in [0.717, 1.165) is 0 Å². The third-order valence-corrected chi connectivity index (χ3v) is 0.865. The van der Waals surface area contributed by atoms with E-state index in [-0.39, 0.29) is 5.69 Å². The molecule has 1 rings (SSSR count). The molecule has 0 saturated carbocycles. The maximum atomic E-state index is 10.1. The number of aromatic carboxylic acids is 1. The molecule has 1 heterocycles. The van der Waals surface area contributed by atoms with E-state index in [4.69, 9.17) is 5.11 Å². The Morgan fingerprint density at radius 3 is 2.89 bits per heavy atom. The molecule has 0 amide bonds. The van der Waals surface area contributed by atoms with Crippen LogP contribution >= 0.6 is 0 Å². The van der Waals surface area contributed by atoms with Crippen molar-refractivity contribution in [2.45, 2.75) is 0 Å². The lowest BCUT2D eigenvalue weighted by Gasteiger charge is -1.82. The molecule has 0 spiro atoms. The van der Waals surface area contributed by atoms with Gasteiger partial charge in [-0.05, 0) is 0 Å². The van der Waals surface area contributed by atoms with E-state index in [1.807, 2.05) is 0 Å². The van der Waals surface area contributed by atoms with Gasteiger partial charge in [-0.25, -0.2) is 4.79 Å². The number of hydrogen-bond acceptors (Lipinski definition) is 2. The fourth-order valence-electron chi connectivity index (χ4n) is 0.478. The molecule has 4 nitrogen and oxygen atoms in total. The molecule has 0 aromatic carbocycles. The van der Waals surface area contributed by atoms with Crippen molar-refractivity contribution < 1.29 is 9.90 Å². The minimum absolute atomic E-state index is 0.0255. The van der Waals surface area contributed by atoms with E-state index in [2.05, 4.69) is 11.3 Å². The Labute approximate surface area is 51.7 Å². The van der Waals surface area contributed by atoms with Crippen LogP contribution in [0.2, 0.25) is 0 Å². The van der Waals surface area contributed by atoms with Crippen molar-refractivity contribution in [1.29, 1.82) is 0 Å². The quantitative estimate of drug-likeness (QED) is 0.571. The van der Waals surface area contributed by atoms with Gasteiger partial charge in [0.1, 0.15) is 0 Å². The first-order valence-electron chi connectivity index (χ1n) is 2.35. The topological polar surface area (TPSA) is 55.1 Å². The zero-order chi connectivity index (χ0) is 6.85. The van der Waals surface area contributed by atoms with Gasteiger partial charge in [0.15, 0.2) is 5.69 Å². The van der Waals surface area contributed by atoms with Crippen LogP contribution in [-0.2, 0) is 7.05 Å². The summed E-state index contributed by atoms with van der Waals surface area (Å²) in [5, 5.41) is 11.9. The van der Waals surface area contributed by atoms with Crippen LogP contribution in [0.5, 0.6) is 0 Å². The summed E-state index contributed by atoms with van der Waals surface area (Å²) in [6.07, 6.45) is 2.57. The summed E-state index contributed by atoms with van der Waals surface area (Å²) in [5.41, 5.74) is 0.0255. The van der Waals surface area contributed by atoms with Crippen LogP contribution in [0.4, 0.5) is 0 Å². The molecule has 0 aliphatic heterocycles. The summed E-state index contributed by atoms with van der Waals surface area (Å²) in [6.45, 7) is 0. The molecule has 4 heteroatoms. The second-order valence-electron chi connectivity index (χ2n) is 1.59. The number of aromatic nitrogens is 2. The maximum absolute atomic E-state index is 10.1. The van der Waals surface area contributed by atoms with Crippen LogP contribution in [0.15, 0.2) is 6.07 Å². The van der Waals surface area contributed by atoms with Crippen molar-refractivity contribution in [2.24, 2.45) is 7.05 Å². The predicted octanol–water partition coefficient (Wildman–Crippen LogP) is -0.0815. The van der Waals surface area contributed by atoms with Gasteiger partial charge in [0.05, 0.1) is 6.20 Å². The van der Waals surface area contributed by atoms with Gasteiger partial charge in [0.2, 0.25) is 0 Å². The molecular weight excluding hydrogens is 120 g/mol. The van der Waals surface area contributed by atoms with Gasteiger partial charge < -0.3 is 5.11 Å². The molecule has 0 aliphatic carbocycles. The maximum Gasteiger partial charge on any atom is 0.356 e. The monoisotopic (exact) mass is 125 g/mol. The Balaban J connectivity index is 2.98. The highest BCUT2D eigenvalue weighted by Crippen LogP contribution is 1.90. The fourth-order valence-corrected chi connectivity index (χ4v) is 0.478. The van der Waals surface area contributed by atoms with Crippen LogP contribution in [0.3, 0.4) is 0 Å². The van der Waals surface area contributed by atoms with Gasteiger partial charge in [-0.1, -0.05) is 0 Å². The second kappa shape index (κ2) is 1.89. The number of hydrogen-bond donors (Lipinski definition) is 1. The molecule has 0 unspecified atom stereocenters. The summed E-state index contributed by atoms with van der Waals surface area (Å²) in [7, 11) is 1.62. The molecule has 1 N–H and O–H groups in total. The van der Waals surface area contributed by atoms with Crippen LogP contribution in [0.1, 0.15) is 10.5 Å². The highest BCUT2D eigenvalue weighted by molar-refractivity contribution is 5.84. The van der Waals surface area contributed by atoms with E-state index in [1.165, 1.54) is 10.7 Å². The minimum Gasteiger partial charge on any atom is -0.476 e. The Morgan fingerprint density at radius 1 is 2.00 bits per heavy atom. The van der Waals surface area contributed by atoms with Crippen molar-refractivity contribution in [3.8, 4) is 0 Å². The third kappa shape index (κ3) is 1.07. The Kier molecular flexibility index (Phi) is 1.22. The summed E-state index contributed by atoms with van der Waals surface area (Å²) < 4.78 is 1.32. The number of rotatable bonds is 1. The molecule has 9 heavy (non-hydrogen) atoms. The number of nitrogens with zero attached hydrogens (tertiary/aromatic N) is 2. The van der Waals surface area contributed by atoms with Crippen molar-refractivity contribution >= 4 is 5.97 Å². The van der Waals surface area contributed by atoms with E-state index in [9.17, 15) is 4.79 Å². The molecule has 0 fully saturated rings. The smallest absolute Gasteiger partial charge is 0.356 e. The molecule has 0 saturated heterocycles. The number of carboxylic acids is 1. The molecule has 47 valence electrons. The SMILES string of the molecule is Cn1[c]cc(C(=O)O)n1. The van der Waals surface area contributed by atoms with E-state index in [1.54, 1.807) is 7.05 Å². The highest BCUT2D eigenvalue weighted by Gasteiger charge is 2.03. The molecule has 0 atom stereocenters. The summed E-state index contributed by atoms with van der Waals surface area (Å²) in [6, 6.07) is 1.32. The number of carboxylic acid groups (broad SMARTS) is 1. The highest BCUT2D eigenvalue weighted by atomic mass is 16.4. The summed E-state index contributed by atoms with van der Waals surface area (Å²) >= 11 is 0. The van der Waals surface area contributed by atoms with E-state index in [0.29, 0.717) is 0 Å². The lowest BCUT2D eigenvalue weighted by molar-refractivity contribution is 0.0689. The standard InChI is InChI=1S/C5H5N2O2/c1-7-3-2-4(6-7)5(8)9/h2H,1H3,(H,8,9). The molecule has 0 aliphatic rings. The first-order valence-corrected chi connectivity index (χ1v) is 2.35. The first-order chi connectivity index (χ1) is 4.20. The van der Waals surface area contributed by atoms with Gasteiger partial charge in [0, 0.05) is 13.1 Å². The van der Waals surface area contributed by atoms with Gasteiger partial charge in [-0.2, -0.15) is 5.10 Å². The first kappa shape index (κ1) is 5.81. The van der Waals surface area contributed by atoms with Crippen molar-refractivity contribution in [2.75, 3.05) is 0 Å². The molecule has 1 aromatic rings. The largest absolute Gasteiger partial charge is 0.476 e. The second-order valence-corrected chi connectivity index (χ2v) is 1.59. The van der Waals surface area contributed by atoms with Crippen LogP contribution in [0.25, 0.3) is 0 Å². The average Bonchev–Trinajstić information content (AvgIpc) is 2.14. The van der Waals surface area contributed by atoms with Gasteiger partial charge in [0.25, 0.3) is 0 Å². The number of aryl methyl sites for hydroxylation is 1. The normalized spacial score (nSPS) is 9.44. The lowest BCUT2D eigenvalue weighted by atomic mass is 10.5. The van der Waals surface area contributed by atoms with Crippen LogP contribution in [0, 0.1) is 6.20 Å². The Morgan fingerprint density at radius 2 is 2.67 bits per heavy atom. The Hall–Kier alpha value is -1.32. The third-order valence-electron chi connectivity index (χ3n) is 0.865. The van der Waals surface area contributed by atoms with Crippen molar-refractivity contribution in [1.82, 2.24) is 9.78 Å². The van der Waals surface area contributed by atoms with Crippen molar-refractivity contribution in [3.63, 3.8) is 0 Å². The average molecular weight is 125 g/mol. The zero-order valence-corrected chi connectivity index (χ0v) is 4.83. The fraction of sp³-hybridized carbons (Fsp3) is 0.200. The summed E-state index contributed by atoms with van der Waals surface area (Å²) in [4.78, 5) is 10.1. The van der Waals surface area contributed by atoms with E-state index >= 15 is 0 Å². The van der Waals surface area contributed by atoms with Gasteiger partial charge in [-0.3, -0.25) is 4.68 Å². The summed E-state index contributed by atoms with van der Waals surface area (Å²) in [5.74, 6) is -1.02. The number of carbonyl (C=O) groups is 1. The van der Waals surface area contributed by atoms with Gasteiger partial charge in [-0.15, -0.1) is 0 Å². The molecule has 1 aromatic heterocycles. The van der Waals surface area contributed by atoms with Crippen molar-refractivity contribution in [3.05, 3.63) is 18.0 Å². The molecule has 0 bridgehead atoms. The van der Waals surface area contributed by atoms with Crippen LogP contribution < -0.4 is 0 Å². The zero-order valence-electron chi connectivity index (χ0n) is 4.83.